The highest BCUT2D eigenvalue weighted by atomic mass is 16.5. The molecule has 53 heavy (non-hydrogen) atoms. The largest absolute Gasteiger partial charge is 0.453 e. The predicted molar refractivity (Wildman–Crippen MR) is 201 cm³/mol. The van der Waals surface area contributed by atoms with Gasteiger partial charge in [-0.3, -0.25) is 9.59 Å². The van der Waals surface area contributed by atoms with Crippen molar-refractivity contribution in [2.24, 2.45) is 5.92 Å². The molecule has 2 aromatic carbocycles. The number of carbonyl (C=O) groups excluding carboxylic acids is 3. The average molecular weight is 720 g/mol. The monoisotopic (exact) mass is 719 g/mol. The molecule has 3 aliphatic rings. The predicted octanol–water partition coefficient (Wildman–Crippen LogP) is 6.97. The summed E-state index contributed by atoms with van der Waals surface area (Å²) in [6, 6.07) is 15.7. The van der Waals surface area contributed by atoms with Crippen LogP contribution in [0.5, 0.6) is 0 Å². The number of aromatic nitrogens is 4. The maximum absolute atomic E-state index is 13.5. The van der Waals surface area contributed by atoms with E-state index >= 15 is 0 Å². The zero-order chi connectivity index (χ0) is 37.1. The number of imidazole rings is 2. The normalized spacial score (nSPS) is 21.7. The Morgan fingerprint density at radius 2 is 1.55 bits per heavy atom. The molecule has 0 saturated carbocycles. The second kappa shape index (κ2) is 15.4. The van der Waals surface area contributed by atoms with E-state index in [1.807, 2.05) is 36.0 Å². The van der Waals surface area contributed by atoms with E-state index in [9.17, 15) is 14.4 Å². The highest BCUT2D eigenvalue weighted by Gasteiger charge is 2.49. The van der Waals surface area contributed by atoms with Crippen molar-refractivity contribution in [1.29, 1.82) is 0 Å². The molecule has 3 saturated heterocycles. The minimum atomic E-state index is -0.678. The topological polar surface area (TPSA) is 146 Å². The van der Waals surface area contributed by atoms with Crippen molar-refractivity contribution in [2.45, 2.75) is 82.5 Å². The lowest BCUT2D eigenvalue weighted by atomic mass is 9.96. The number of alkyl carbamates (subject to hydrolysis) is 1. The first-order valence-electron chi connectivity index (χ1n) is 18.7. The molecule has 2 aromatic heterocycles. The maximum atomic E-state index is 13.5. The van der Waals surface area contributed by atoms with Crippen LogP contribution in [0, 0.1) is 5.92 Å². The van der Waals surface area contributed by atoms with Crippen LogP contribution in [-0.2, 0) is 19.1 Å². The number of hydrogen-bond acceptors (Lipinski definition) is 7. The Morgan fingerprint density at radius 3 is 2.09 bits per heavy atom. The van der Waals surface area contributed by atoms with Crippen LogP contribution in [0.1, 0.15) is 82.5 Å². The van der Waals surface area contributed by atoms with Gasteiger partial charge in [-0.25, -0.2) is 14.8 Å². The van der Waals surface area contributed by atoms with E-state index < -0.39 is 12.1 Å². The van der Waals surface area contributed by atoms with Crippen LogP contribution in [0.3, 0.4) is 0 Å². The van der Waals surface area contributed by atoms with Gasteiger partial charge in [0.05, 0.1) is 55.1 Å². The third-order valence-corrected chi connectivity index (χ3v) is 10.9. The van der Waals surface area contributed by atoms with E-state index in [0.717, 1.165) is 84.0 Å². The van der Waals surface area contributed by atoms with E-state index in [2.05, 4.69) is 75.4 Å². The maximum Gasteiger partial charge on any atom is 0.407 e. The van der Waals surface area contributed by atoms with Crippen molar-refractivity contribution < 1.29 is 23.9 Å². The quantitative estimate of drug-likeness (QED) is 0.142. The molecule has 4 aromatic rings. The van der Waals surface area contributed by atoms with Crippen LogP contribution in [0.2, 0.25) is 0 Å². The van der Waals surface area contributed by atoms with Crippen molar-refractivity contribution in [2.75, 3.05) is 26.8 Å². The molecule has 12 heteroatoms. The fourth-order valence-electron chi connectivity index (χ4n) is 8.05. The Morgan fingerprint density at radius 1 is 0.943 bits per heavy atom. The Labute approximate surface area is 310 Å². The molecule has 1 spiro atoms. The number of aromatic amines is 2. The molecule has 3 amide bonds. The van der Waals surface area contributed by atoms with E-state index in [1.165, 1.54) is 7.11 Å². The van der Waals surface area contributed by atoms with Crippen LogP contribution in [0.15, 0.2) is 73.6 Å². The number of rotatable bonds is 11. The van der Waals surface area contributed by atoms with Gasteiger partial charge in [0.1, 0.15) is 17.7 Å². The summed E-state index contributed by atoms with van der Waals surface area (Å²) in [7, 11) is 1.29. The highest BCUT2D eigenvalue weighted by molar-refractivity contribution is 5.86. The van der Waals surface area contributed by atoms with Gasteiger partial charge in [0.15, 0.2) is 0 Å². The number of nitrogens with one attached hydrogen (secondary N) is 3. The highest BCUT2D eigenvalue weighted by Crippen LogP contribution is 2.45. The Balaban J connectivity index is 1.02. The third kappa shape index (κ3) is 7.50. The number of benzene rings is 2. The van der Waals surface area contributed by atoms with Gasteiger partial charge in [-0.15, -0.1) is 6.58 Å². The molecule has 0 radical (unpaired) electrons. The van der Waals surface area contributed by atoms with Crippen LogP contribution in [-0.4, -0.2) is 86.1 Å². The molecule has 3 aliphatic heterocycles. The first-order valence-corrected chi connectivity index (χ1v) is 18.7. The van der Waals surface area contributed by atoms with Gasteiger partial charge < -0.3 is 34.6 Å². The molecule has 0 unspecified atom stereocenters. The zero-order valence-corrected chi connectivity index (χ0v) is 30.8. The summed E-state index contributed by atoms with van der Waals surface area (Å²) in [6.07, 6.45) is 10.3. The number of H-pyrrole nitrogens is 2. The molecular formula is C41H49N7O5. The minimum absolute atomic E-state index is 0.0955. The Kier molecular flexibility index (Phi) is 10.5. The summed E-state index contributed by atoms with van der Waals surface area (Å²) in [5, 5.41) is 2.70. The lowest BCUT2D eigenvalue weighted by Gasteiger charge is -2.30. The smallest absolute Gasteiger partial charge is 0.407 e. The molecule has 278 valence electrons. The molecule has 0 aliphatic carbocycles. The first-order chi connectivity index (χ1) is 25.7. The summed E-state index contributed by atoms with van der Waals surface area (Å²) in [5.74, 6) is 1.42. The van der Waals surface area contributed by atoms with Crippen molar-refractivity contribution in [3.8, 4) is 33.6 Å². The standard InChI is InChI=1S/C41H49N7O5/c1-5-6-10-35(49)48-25-41(19-8-21-53-41)22-34(48)38-43-24-32(45-38)30-17-13-28(14-18-30)27-11-15-29(16-12-27)31-23-42-37(44-31)33-9-7-20-47(33)39(50)36(26(2)3)46-40(51)52-4/h5,11-18,23-24,26,33-34,36H,1,6-10,19-22,25H2,2-4H3,(H,42,44)(H,43,45)(H,46,51)/t33-,34-,36-,41-/m0/s1. The van der Waals surface area contributed by atoms with E-state index in [0.29, 0.717) is 25.9 Å². The molecule has 4 atom stereocenters. The molecule has 3 fully saturated rings. The number of carbonyl (C=O) groups is 3. The number of amides is 3. The number of hydrogen-bond donors (Lipinski definition) is 3. The first kappa shape index (κ1) is 36.1. The van der Waals surface area contributed by atoms with Crippen molar-refractivity contribution in [3.63, 3.8) is 0 Å². The van der Waals surface area contributed by atoms with Crippen LogP contribution in [0.4, 0.5) is 4.79 Å². The third-order valence-electron chi connectivity index (χ3n) is 10.9. The summed E-state index contributed by atoms with van der Waals surface area (Å²) >= 11 is 0. The second-order valence-corrected chi connectivity index (χ2v) is 14.8. The summed E-state index contributed by atoms with van der Waals surface area (Å²) in [6.45, 7) is 9.55. The Hall–Kier alpha value is -5.23. The lowest BCUT2D eigenvalue weighted by molar-refractivity contribution is -0.135. The SMILES string of the molecule is C=CCCC(=O)N1C[C@]2(CCCO2)C[C@H]1c1ncc(-c2ccc(-c3ccc(-c4cnc([C@@H]5CCCN5C(=O)[C@@H](NC(=O)OC)C(C)C)[nH]4)cc3)cc2)[nH]1. The zero-order valence-electron chi connectivity index (χ0n) is 30.8. The fourth-order valence-corrected chi connectivity index (χ4v) is 8.05. The minimum Gasteiger partial charge on any atom is -0.453 e. The van der Waals surface area contributed by atoms with E-state index in [-0.39, 0.29) is 35.4 Å². The fraction of sp³-hybridized carbons (Fsp3) is 0.439. The number of methoxy groups -OCH3 is 1. The Bertz CT molecular complexity index is 1930. The van der Waals surface area contributed by atoms with Crippen LogP contribution in [0.25, 0.3) is 33.6 Å². The molecule has 3 N–H and O–H groups in total. The molecule has 5 heterocycles. The molecule has 7 rings (SSSR count). The molecule has 0 bridgehead atoms. The van der Waals surface area contributed by atoms with E-state index in [1.54, 1.807) is 6.08 Å². The van der Waals surface area contributed by atoms with Gasteiger partial charge in [-0.05, 0) is 60.3 Å². The van der Waals surface area contributed by atoms with Gasteiger partial charge in [-0.2, -0.15) is 0 Å². The number of ether oxygens (including phenoxy) is 2. The van der Waals surface area contributed by atoms with Gasteiger partial charge in [0.25, 0.3) is 0 Å². The van der Waals surface area contributed by atoms with E-state index in [4.69, 9.17) is 14.5 Å². The molecular weight excluding hydrogens is 670 g/mol. The molecule has 12 nitrogen and oxygen atoms in total. The van der Waals surface area contributed by atoms with Gasteiger partial charge in [0, 0.05) is 26.0 Å². The second-order valence-electron chi connectivity index (χ2n) is 14.8. The number of allylic oxidation sites excluding steroid dienone is 1. The lowest BCUT2D eigenvalue weighted by Crippen LogP contribution is -2.51. The van der Waals surface area contributed by atoms with Crippen LogP contribution >= 0.6 is 0 Å². The number of nitrogens with zero attached hydrogens (tertiary/aromatic N) is 4. The van der Waals surface area contributed by atoms with Gasteiger partial charge in [0.2, 0.25) is 11.8 Å². The van der Waals surface area contributed by atoms with Crippen molar-refractivity contribution >= 4 is 17.9 Å². The van der Waals surface area contributed by atoms with Gasteiger partial charge in [-0.1, -0.05) is 68.5 Å². The van der Waals surface area contributed by atoms with Crippen LogP contribution < -0.4 is 5.32 Å². The van der Waals surface area contributed by atoms with Gasteiger partial charge >= 0.3 is 6.09 Å². The summed E-state index contributed by atoms with van der Waals surface area (Å²) in [5.41, 5.74) is 5.68. The van der Waals surface area contributed by atoms with Crippen molar-refractivity contribution in [3.05, 3.63) is 85.2 Å². The summed E-state index contributed by atoms with van der Waals surface area (Å²) < 4.78 is 10.9. The number of likely N-dealkylation sites (tertiary alicyclic amines) is 2. The van der Waals surface area contributed by atoms with Crippen molar-refractivity contribution in [1.82, 2.24) is 35.1 Å². The average Bonchev–Trinajstić information content (AvgIpc) is 4.03. The summed E-state index contributed by atoms with van der Waals surface area (Å²) in [4.78, 5) is 58.8.